The summed E-state index contributed by atoms with van der Waals surface area (Å²) in [7, 11) is 0. The lowest BCUT2D eigenvalue weighted by molar-refractivity contribution is -0.384. The van der Waals surface area contributed by atoms with Gasteiger partial charge in [0.05, 0.1) is 15.5 Å². The smallest absolute Gasteiger partial charge is 0.270 e. The van der Waals surface area contributed by atoms with Crippen LogP contribution in [0.1, 0.15) is 5.56 Å². The van der Waals surface area contributed by atoms with Crippen LogP contribution in [0.3, 0.4) is 0 Å². The summed E-state index contributed by atoms with van der Waals surface area (Å²) in [6, 6.07) is 19.9. The summed E-state index contributed by atoms with van der Waals surface area (Å²) >= 11 is 1.21. The summed E-state index contributed by atoms with van der Waals surface area (Å²) < 4.78 is 0. The van der Waals surface area contributed by atoms with E-state index in [1.54, 1.807) is 18.2 Å². The molecule has 27 heavy (non-hydrogen) atoms. The molecule has 0 radical (unpaired) electrons. The van der Waals surface area contributed by atoms with Gasteiger partial charge in [0.2, 0.25) is 0 Å². The second-order valence-electron chi connectivity index (χ2n) is 5.83. The Bertz CT molecular complexity index is 1130. The highest BCUT2D eigenvalue weighted by Crippen LogP contribution is 2.31. The van der Waals surface area contributed by atoms with Crippen LogP contribution < -0.4 is 5.32 Å². The van der Waals surface area contributed by atoms with Gasteiger partial charge in [0.15, 0.2) is 5.17 Å². The van der Waals surface area contributed by atoms with Crippen molar-refractivity contribution in [1.82, 2.24) is 5.32 Å². The van der Waals surface area contributed by atoms with Gasteiger partial charge in [0.1, 0.15) is 0 Å². The van der Waals surface area contributed by atoms with Crippen molar-refractivity contribution < 1.29 is 9.72 Å². The van der Waals surface area contributed by atoms with E-state index in [9.17, 15) is 14.9 Å². The third kappa shape index (κ3) is 3.58. The molecular formula is C20H13N3O3S. The Balaban J connectivity index is 1.65. The number of non-ortho nitro benzene ring substituents is 1. The number of nitrogens with one attached hydrogen (secondary N) is 1. The summed E-state index contributed by atoms with van der Waals surface area (Å²) in [6.45, 7) is 0. The van der Waals surface area contributed by atoms with Gasteiger partial charge in [-0.25, -0.2) is 4.99 Å². The van der Waals surface area contributed by atoms with E-state index >= 15 is 0 Å². The summed E-state index contributed by atoms with van der Waals surface area (Å²) in [5.41, 5.74) is 1.35. The lowest BCUT2D eigenvalue weighted by Crippen LogP contribution is -2.19. The standard InChI is InChI=1S/C20H13N3O3S/c24-19-18(12-13-5-3-8-15(11-13)23(25)26)27-20(22-19)21-17-10-4-7-14-6-1-2-9-16(14)17/h1-12H,(H,21,22,24). The second-order valence-corrected chi connectivity index (χ2v) is 6.86. The van der Waals surface area contributed by atoms with Gasteiger partial charge < -0.3 is 5.32 Å². The fraction of sp³-hybridized carbons (Fsp3) is 0. The maximum absolute atomic E-state index is 12.2. The number of carbonyl (C=O) groups excluding carboxylic acids is 1. The van der Waals surface area contributed by atoms with Gasteiger partial charge in [0, 0.05) is 17.5 Å². The quantitative estimate of drug-likeness (QED) is 0.411. The molecule has 1 heterocycles. The molecule has 4 rings (SSSR count). The first-order valence-corrected chi connectivity index (χ1v) is 8.93. The minimum atomic E-state index is -0.461. The number of rotatable bonds is 3. The van der Waals surface area contributed by atoms with Crippen LogP contribution in [0.4, 0.5) is 11.4 Å². The highest BCUT2D eigenvalue weighted by molar-refractivity contribution is 8.18. The second kappa shape index (κ2) is 7.05. The molecule has 1 saturated heterocycles. The molecule has 7 heteroatoms. The molecular weight excluding hydrogens is 362 g/mol. The van der Waals surface area contributed by atoms with Gasteiger partial charge in [-0.05, 0) is 34.9 Å². The normalized spacial score (nSPS) is 16.8. The molecule has 1 N–H and O–H groups in total. The highest BCUT2D eigenvalue weighted by atomic mass is 32.2. The van der Waals surface area contributed by atoms with Crippen molar-refractivity contribution in [2.24, 2.45) is 4.99 Å². The van der Waals surface area contributed by atoms with Crippen LogP contribution in [-0.4, -0.2) is 16.0 Å². The SMILES string of the molecule is O=C1NC(=Nc2cccc3ccccc23)SC1=Cc1cccc([N+](=O)[O-])c1. The van der Waals surface area contributed by atoms with Crippen molar-refractivity contribution in [1.29, 1.82) is 0 Å². The van der Waals surface area contributed by atoms with E-state index in [2.05, 4.69) is 10.3 Å². The fourth-order valence-corrected chi connectivity index (χ4v) is 3.61. The number of nitro benzene ring substituents is 1. The molecule has 0 aliphatic carbocycles. The summed E-state index contributed by atoms with van der Waals surface area (Å²) in [6.07, 6.45) is 1.62. The van der Waals surface area contributed by atoms with Gasteiger partial charge >= 0.3 is 0 Å². The van der Waals surface area contributed by atoms with Crippen LogP contribution in [-0.2, 0) is 4.79 Å². The first-order valence-electron chi connectivity index (χ1n) is 8.12. The number of carbonyl (C=O) groups is 1. The molecule has 1 fully saturated rings. The summed E-state index contributed by atoms with van der Waals surface area (Å²) in [4.78, 5) is 27.7. The average molecular weight is 375 g/mol. The van der Waals surface area contributed by atoms with Crippen molar-refractivity contribution in [3.63, 3.8) is 0 Å². The Morgan fingerprint density at radius 2 is 1.81 bits per heavy atom. The predicted molar refractivity (Wildman–Crippen MR) is 108 cm³/mol. The van der Waals surface area contributed by atoms with Crippen LogP contribution in [0, 0.1) is 10.1 Å². The van der Waals surface area contributed by atoms with Crippen LogP contribution in [0.25, 0.3) is 16.8 Å². The Labute approximate surface area is 158 Å². The zero-order valence-corrected chi connectivity index (χ0v) is 14.8. The zero-order chi connectivity index (χ0) is 18.8. The van der Waals surface area contributed by atoms with Gasteiger partial charge in [0.25, 0.3) is 11.6 Å². The van der Waals surface area contributed by atoms with E-state index in [0.29, 0.717) is 15.6 Å². The fourth-order valence-electron chi connectivity index (χ4n) is 2.78. The molecule has 0 atom stereocenters. The van der Waals surface area contributed by atoms with Gasteiger partial charge in [-0.3, -0.25) is 14.9 Å². The Morgan fingerprint density at radius 3 is 2.67 bits per heavy atom. The van der Waals surface area contributed by atoms with Crippen molar-refractivity contribution in [2.75, 3.05) is 0 Å². The maximum atomic E-state index is 12.2. The molecule has 6 nitrogen and oxygen atoms in total. The number of hydrogen-bond acceptors (Lipinski definition) is 5. The van der Waals surface area contributed by atoms with Crippen LogP contribution >= 0.6 is 11.8 Å². The average Bonchev–Trinajstić information content (AvgIpc) is 3.01. The number of aliphatic imine (C=N–C) groups is 1. The predicted octanol–water partition coefficient (Wildman–Crippen LogP) is 4.64. The topological polar surface area (TPSA) is 84.6 Å². The van der Waals surface area contributed by atoms with Crippen LogP contribution in [0.2, 0.25) is 0 Å². The highest BCUT2D eigenvalue weighted by Gasteiger charge is 2.24. The van der Waals surface area contributed by atoms with E-state index in [0.717, 1.165) is 16.5 Å². The van der Waals surface area contributed by atoms with Gasteiger partial charge in [-0.15, -0.1) is 0 Å². The number of nitrogens with zero attached hydrogens (tertiary/aromatic N) is 2. The molecule has 3 aromatic rings. The summed E-state index contributed by atoms with van der Waals surface area (Å²) in [5.74, 6) is -0.273. The molecule has 1 aliphatic heterocycles. The number of amides is 1. The number of amidine groups is 1. The Hall–Kier alpha value is -3.45. The number of fused-ring (bicyclic) bond motifs is 1. The molecule has 0 saturated carbocycles. The van der Waals surface area contributed by atoms with Crippen molar-refractivity contribution in [3.8, 4) is 0 Å². The van der Waals surface area contributed by atoms with E-state index < -0.39 is 4.92 Å². The van der Waals surface area contributed by atoms with E-state index in [1.165, 1.54) is 23.9 Å². The third-order valence-corrected chi connectivity index (χ3v) is 4.93. The maximum Gasteiger partial charge on any atom is 0.270 e. The Morgan fingerprint density at radius 1 is 1.04 bits per heavy atom. The summed E-state index contributed by atoms with van der Waals surface area (Å²) in [5, 5.41) is 16.2. The van der Waals surface area contributed by atoms with Crippen LogP contribution in [0.5, 0.6) is 0 Å². The van der Waals surface area contributed by atoms with Gasteiger partial charge in [-0.2, -0.15) is 0 Å². The van der Waals surface area contributed by atoms with Crippen LogP contribution in [0.15, 0.2) is 76.6 Å². The minimum Gasteiger partial charge on any atom is -0.300 e. The van der Waals surface area contributed by atoms with Crippen molar-refractivity contribution in [2.45, 2.75) is 0 Å². The molecule has 132 valence electrons. The van der Waals surface area contributed by atoms with E-state index in [-0.39, 0.29) is 11.6 Å². The number of benzene rings is 3. The number of nitro groups is 1. The first kappa shape index (κ1) is 17.0. The third-order valence-electron chi connectivity index (χ3n) is 4.02. The number of hydrogen-bond donors (Lipinski definition) is 1. The Kier molecular flexibility index (Phi) is 4.43. The largest absolute Gasteiger partial charge is 0.300 e. The molecule has 0 unspecified atom stereocenters. The van der Waals surface area contributed by atoms with E-state index in [4.69, 9.17) is 0 Å². The molecule has 0 aromatic heterocycles. The number of thioether (sulfide) groups is 1. The molecule has 0 bridgehead atoms. The van der Waals surface area contributed by atoms with Crippen molar-refractivity contribution >= 4 is 51.1 Å². The molecule has 0 spiro atoms. The molecule has 1 amide bonds. The van der Waals surface area contributed by atoms with Crippen molar-refractivity contribution in [3.05, 3.63) is 87.3 Å². The lowest BCUT2D eigenvalue weighted by atomic mass is 10.1. The first-order chi connectivity index (χ1) is 13.1. The molecule has 3 aromatic carbocycles. The van der Waals surface area contributed by atoms with E-state index in [1.807, 2.05) is 42.5 Å². The van der Waals surface area contributed by atoms with Gasteiger partial charge in [-0.1, -0.05) is 48.5 Å². The lowest BCUT2D eigenvalue weighted by Gasteiger charge is -2.02. The minimum absolute atomic E-state index is 0.0163. The molecule has 1 aliphatic rings. The zero-order valence-electron chi connectivity index (χ0n) is 14.0. The monoisotopic (exact) mass is 375 g/mol.